The Bertz CT molecular complexity index is 898. The lowest BCUT2D eigenvalue weighted by Crippen LogP contribution is -2.23. The number of rotatable bonds is 6. The SMILES string of the molecule is CC1(F)CCC(Nc2nc(NC3CCC(F)(F)C3)nc(-c3csc(C(C)(F)F)n3)n2)C1. The smallest absolute Gasteiger partial charge is 0.296 e. The molecule has 0 spiro atoms. The molecule has 4 rings (SSSR count). The summed E-state index contributed by atoms with van der Waals surface area (Å²) >= 11 is 0.777. The highest BCUT2D eigenvalue weighted by molar-refractivity contribution is 7.10. The summed E-state index contributed by atoms with van der Waals surface area (Å²) in [6.07, 6.45) is 0.923. The van der Waals surface area contributed by atoms with Gasteiger partial charge in [0.05, 0.1) is 0 Å². The molecule has 0 radical (unpaired) electrons. The molecule has 31 heavy (non-hydrogen) atoms. The molecule has 0 amide bonds. The third-order valence-electron chi connectivity index (χ3n) is 5.50. The van der Waals surface area contributed by atoms with E-state index in [2.05, 4.69) is 30.6 Å². The molecule has 2 fully saturated rings. The van der Waals surface area contributed by atoms with E-state index in [4.69, 9.17) is 0 Å². The van der Waals surface area contributed by atoms with Gasteiger partial charge in [0, 0.05) is 43.6 Å². The van der Waals surface area contributed by atoms with E-state index in [1.165, 1.54) is 12.3 Å². The molecular formula is C19H23F5N6S. The predicted octanol–water partition coefficient (Wildman–Crippen LogP) is 5.40. The Labute approximate surface area is 180 Å². The maximum Gasteiger partial charge on any atom is 0.296 e. The minimum absolute atomic E-state index is 0.0394. The second-order valence-corrected chi connectivity index (χ2v) is 9.53. The van der Waals surface area contributed by atoms with Crippen LogP contribution in [0.5, 0.6) is 0 Å². The minimum atomic E-state index is -3.11. The molecule has 3 atom stereocenters. The molecular weight excluding hydrogens is 439 g/mol. The first-order chi connectivity index (χ1) is 14.4. The lowest BCUT2D eigenvalue weighted by Gasteiger charge is -2.17. The molecule has 0 aliphatic heterocycles. The molecule has 3 unspecified atom stereocenters. The second kappa shape index (κ2) is 7.79. The first kappa shape index (κ1) is 22.1. The first-order valence-corrected chi connectivity index (χ1v) is 11.0. The van der Waals surface area contributed by atoms with Gasteiger partial charge in [0.25, 0.3) is 5.92 Å². The minimum Gasteiger partial charge on any atom is -0.351 e. The van der Waals surface area contributed by atoms with Gasteiger partial charge in [-0.1, -0.05) is 0 Å². The predicted molar refractivity (Wildman–Crippen MR) is 107 cm³/mol. The van der Waals surface area contributed by atoms with Crippen LogP contribution in [0.15, 0.2) is 5.38 Å². The Morgan fingerprint density at radius 3 is 2.06 bits per heavy atom. The van der Waals surface area contributed by atoms with E-state index in [0.29, 0.717) is 12.8 Å². The summed E-state index contributed by atoms with van der Waals surface area (Å²) in [6.45, 7) is 2.28. The highest BCUT2D eigenvalue weighted by atomic mass is 32.1. The summed E-state index contributed by atoms with van der Waals surface area (Å²) in [7, 11) is 0. The van der Waals surface area contributed by atoms with Gasteiger partial charge in [-0.3, -0.25) is 0 Å². The van der Waals surface area contributed by atoms with Gasteiger partial charge in [-0.25, -0.2) is 18.2 Å². The Kier molecular flexibility index (Phi) is 5.55. The normalized spacial score (nSPS) is 28.1. The number of anilines is 2. The summed E-state index contributed by atoms with van der Waals surface area (Å²) in [5, 5.41) is 6.99. The number of halogens is 5. The first-order valence-electron chi connectivity index (χ1n) is 10.1. The van der Waals surface area contributed by atoms with Gasteiger partial charge in [0.2, 0.25) is 17.8 Å². The van der Waals surface area contributed by atoms with Crippen LogP contribution in [0.3, 0.4) is 0 Å². The van der Waals surface area contributed by atoms with E-state index in [1.807, 2.05) is 0 Å². The van der Waals surface area contributed by atoms with Crippen LogP contribution in [0, 0.1) is 0 Å². The van der Waals surface area contributed by atoms with Crippen molar-refractivity contribution in [2.45, 2.75) is 82.0 Å². The highest BCUT2D eigenvalue weighted by Crippen LogP contribution is 2.37. The maximum absolute atomic E-state index is 14.2. The van der Waals surface area contributed by atoms with Gasteiger partial charge in [0.15, 0.2) is 10.8 Å². The van der Waals surface area contributed by atoms with Crippen LogP contribution in [-0.4, -0.2) is 43.6 Å². The summed E-state index contributed by atoms with van der Waals surface area (Å²) in [5.74, 6) is -5.65. The topological polar surface area (TPSA) is 75.6 Å². The Morgan fingerprint density at radius 1 is 0.968 bits per heavy atom. The molecule has 0 saturated heterocycles. The fourth-order valence-electron chi connectivity index (χ4n) is 3.95. The van der Waals surface area contributed by atoms with Crippen LogP contribution in [0.2, 0.25) is 0 Å². The number of nitrogens with zero attached hydrogens (tertiary/aromatic N) is 4. The Morgan fingerprint density at radius 2 is 1.58 bits per heavy atom. The monoisotopic (exact) mass is 462 g/mol. The van der Waals surface area contributed by atoms with Crippen LogP contribution >= 0.6 is 11.3 Å². The fraction of sp³-hybridized carbons (Fsp3) is 0.684. The van der Waals surface area contributed by atoms with Crippen molar-refractivity contribution in [3.05, 3.63) is 10.4 Å². The molecule has 2 heterocycles. The van der Waals surface area contributed by atoms with E-state index in [0.717, 1.165) is 18.3 Å². The molecule has 0 aromatic carbocycles. The second-order valence-electron chi connectivity index (χ2n) is 8.67. The Hall–Kier alpha value is -2.11. The van der Waals surface area contributed by atoms with E-state index in [-0.39, 0.29) is 60.1 Å². The lowest BCUT2D eigenvalue weighted by molar-refractivity contribution is 0.00846. The van der Waals surface area contributed by atoms with Gasteiger partial charge < -0.3 is 10.6 Å². The van der Waals surface area contributed by atoms with Gasteiger partial charge in [-0.15, -0.1) is 11.3 Å². The average Bonchev–Trinajstić information content (AvgIpc) is 3.33. The van der Waals surface area contributed by atoms with E-state index < -0.39 is 23.6 Å². The molecule has 170 valence electrons. The number of hydrogen-bond donors (Lipinski definition) is 2. The van der Waals surface area contributed by atoms with Crippen molar-refractivity contribution in [2.24, 2.45) is 0 Å². The van der Waals surface area contributed by atoms with Crippen molar-refractivity contribution in [3.63, 3.8) is 0 Å². The number of alkyl halides is 5. The molecule has 12 heteroatoms. The maximum atomic E-state index is 14.2. The summed E-state index contributed by atoms with van der Waals surface area (Å²) in [4.78, 5) is 16.7. The molecule has 2 aromatic heterocycles. The van der Waals surface area contributed by atoms with Crippen LogP contribution in [0.25, 0.3) is 11.5 Å². The summed E-state index contributed by atoms with van der Waals surface area (Å²) in [6, 6.07) is -0.732. The highest BCUT2D eigenvalue weighted by Gasteiger charge is 2.40. The molecule has 6 nitrogen and oxygen atoms in total. The van der Waals surface area contributed by atoms with Crippen molar-refractivity contribution in [1.82, 2.24) is 19.9 Å². The van der Waals surface area contributed by atoms with E-state index >= 15 is 0 Å². The standard InChI is InChI=1S/C19H23F5N6S/c1-17(20)5-3-10(7-17)25-15-28-13(12-9-31-14(27-12)18(2,21)22)29-16(30-15)26-11-4-6-19(23,24)8-11/h9-11H,3-8H2,1-2H3,(H2,25,26,28,29,30). The zero-order valence-corrected chi connectivity index (χ0v) is 17.9. The molecule has 2 aliphatic rings. The quantitative estimate of drug-likeness (QED) is 0.560. The zero-order valence-electron chi connectivity index (χ0n) is 17.1. The van der Waals surface area contributed by atoms with Gasteiger partial charge >= 0.3 is 0 Å². The van der Waals surface area contributed by atoms with E-state index in [1.54, 1.807) is 0 Å². The van der Waals surface area contributed by atoms with Crippen molar-refractivity contribution in [1.29, 1.82) is 0 Å². The van der Waals surface area contributed by atoms with E-state index in [9.17, 15) is 22.0 Å². The van der Waals surface area contributed by atoms with Crippen LogP contribution < -0.4 is 10.6 Å². The number of aromatic nitrogens is 4. The van der Waals surface area contributed by atoms with Gasteiger partial charge in [-0.2, -0.15) is 23.7 Å². The number of hydrogen-bond acceptors (Lipinski definition) is 7. The van der Waals surface area contributed by atoms with Crippen molar-refractivity contribution < 1.29 is 22.0 Å². The van der Waals surface area contributed by atoms with Gasteiger partial charge in [0.1, 0.15) is 11.4 Å². The molecule has 2 aliphatic carbocycles. The van der Waals surface area contributed by atoms with Crippen molar-refractivity contribution >= 4 is 23.2 Å². The van der Waals surface area contributed by atoms with Crippen molar-refractivity contribution in [2.75, 3.05) is 10.6 Å². The third kappa shape index (κ3) is 5.39. The summed E-state index contributed by atoms with van der Waals surface area (Å²) in [5.41, 5.74) is -1.16. The van der Waals surface area contributed by atoms with Crippen LogP contribution in [0.4, 0.5) is 33.8 Å². The molecule has 0 bridgehead atoms. The van der Waals surface area contributed by atoms with Crippen molar-refractivity contribution in [3.8, 4) is 11.5 Å². The molecule has 2 N–H and O–H groups in total. The van der Waals surface area contributed by atoms with Gasteiger partial charge in [-0.05, 0) is 26.2 Å². The van der Waals surface area contributed by atoms with Crippen LogP contribution in [-0.2, 0) is 5.92 Å². The Balaban J connectivity index is 1.61. The lowest BCUT2D eigenvalue weighted by atomic mass is 10.1. The average molecular weight is 462 g/mol. The number of thiazole rings is 1. The molecule has 2 saturated carbocycles. The third-order valence-corrected chi connectivity index (χ3v) is 6.51. The van der Waals surface area contributed by atoms with Crippen LogP contribution in [0.1, 0.15) is 57.4 Å². The molecule has 2 aromatic rings. The zero-order chi connectivity index (χ0) is 22.4. The number of nitrogens with one attached hydrogen (secondary N) is 2. The fourth-order valence-corrected chi connectivity index (χ4v) is 4.69. The summed E-state index contributed by atoms with van der Waals surface area (Å²) < 4.78 is 68.5. The largest absolute Gasteiger partial charge is 0.351 e.